The second kappa shape index (κ2) is 6.04. The molecule has 0 aliphatic heterocycles. The third-order valence-corrected chi connectivity index (χ3v) is 3.83. The van der Waals surface area contributed by atoms with Gasteiger partial charge in [0.25, 0.3) is 5.69 Å². The molecule has 1 N–H and O–H groups in total. The number of rotatable bonds is 5. The maximum atomic E-state index is 10.8. The number of nitrogens with one attached hydrogen (secondary N) is 1. The molecule has 6 heteroatoms. The summed E-state index contributed by atoms with van der Waals surface area (Å²) in [4.78, 5) is 10.3. The first kappa shape index (κ1) is 13.8. The van der Waals surface area contributed by atoms with Gasteiger partial charge in [-0.15, -0.1) is 0 Å². The molecule has 0 spiro atoms. The average Bonchev–Trinajstić information content (AvgIpc) is 2.85. The molecule has 2 aromatic rings. The Hall–Kier alpha value is -1.59. The highest BCUT2D eigenvalue weighted by Crippen LogP contribution is 2.30. The van der Waals surface area contributed by atoms with Crippen molar-refractivity contribution in [2.45, 2.75) is 13.3 Å². The maximum absolute atomic E-state index is 10.8. The number of nitro benzene ring substituents is 1. The topological polar surface area (TPSA) is 55.2 Å². The highest BCUT2D eigenvalue weighted by atomic mass is 35.5. The minimum Gasteiger partial charge on any atom is -0.384 e. The molecule has 2 rings (SSSR count). The van der Waals surface area contributed by atoms with Crippen LogP contribution < -0.4 is 5.32 Å². The van der Waals surface area contributed by atoms with Crippen LogP contribution in [0.5, 0.6) is 0 Å². The van der Waals surface area contributed by atoms with E-state index in [2.05, 4.69) is 16.8 Å². The lowest BCUT2D eigenvalue weighted by molar-refractivity contribution is -0.384. The Kier molecular flexibility index (Phi) is 4.39. The summed E-state index contributed by atoms with van der Waals surface area (Å²) >= 11 is 7.57. The molecule has 0 bridgehead atoms. The quantitative estimate of drug-likeness (QED) is 0.662. The van der Waals surface area contributed by atoms with Gasteiger partial charge in [-0.25, -0.2) is 0 Å². The molecule has 1 aromatic heterocycles. The Morgan fingerprint density at radius 3 is 2.89 bits per heavy atom. The van der Waals surface area contributed by atoms with Crippen molar-refractivity contribution in [2.24, 2.45) is 0 Å². The van der Waals surface area contributed by atoms with Gasteiger partial charge in [-0.05, 0) is 47.4 Å². The van der Waals surface area contributed by atoms with Crippen molar-refractivity contribution in [2.75, 3.05) is 11.9 Å². The van der Waals surface area contributed by atoms with Crippen LogP contribution in [0.1, 0.15) is 11.1 Å². The second-order valence-corrected chi connectivity index (χ2v) is 5.37. The summed E-state index contributed by atoms with van der Waals surface area (Å²) in [5.41, 5.74) is 2.89. The number of anilines is 1. The van der Waals surface area contributed by atoms with Crippen molar-refractivity contribution in [1.82, 2.24) is 0 Å². The van der Waals surface area contributed by atoms with Gasteiger partial charge < -0.3 is 5.32 Å². The molecule has 1 heterocycles. The van der Waals surface area contributed by atoms with E-state index in [-0.39, 0.29) is 10.7 Å². The van der Waals surface area contributed by atoms with Crippen molar-refractivity contribution < 1.29 is 4.92 Å². The van der Waals surface area contributed by atoms with Gasteiger partial charge in [-0.1, -0.05) is 11.6 Å². The molecular weight excluding hydrogens is 284 g/mol. The van der Waals surface area contributed by atoms with Gasteiger partial charge in [0, 0.05) is 18.3 Å². The van der Waals surface area contributed by atoms with E-state index < -0.39 is 4.92 Å². The first-order valence-corrected chi connectivity index (χ1v) is 7.09. The molecule has 4 nitrogen and oxygen atoms in total. The Morgan fingerprint density at radius 2 is 2.26 bits per heavy atom. The summed E-state index contributed by atoms with van der Waals surface area (Å²) in [6.45, 7) is 2.60. The Labute approximate surface area is 120 Å². The molecule has 19 heavy (non-hydrogen) atoms. The lowest BCUT2D eigenvalue weighted by Gasteiger charge is -2.09. The fraction of sp³-hybridized carbons (Fsp3) is 0.231. The fourth-order valence-electron chi connectivity index (χ4n) is 1.77. The predicted octanol–water partition coefficient (Wildman–Crippen LogP) is 4.27. The van der Waals surface area contributed by atoms with Crippen LogP contribution in [0.3, 0.4) is 0 Å². The van der Waals surface area contributed by atoms with Gasteiger partial charge in [-0.2, -0.15) is 11.3 Å². The lowest BCUT2D eigenvalue weighted by Crippen LogP contribution is -2.06. The van der Waals surface area contributed by atoms with Crippen LogP contribution >= 0.6 is 22.9 Å². The summed E-state index contributed by atoms with van der Waals surface area (Å²) in [6.07, 6.45) is 0.914. The summed E-state index contributed by atoms with van der Waals surface area (Å²) in [7, 11) is 0. The summed E-state index contributed by atoms with van der Waals surface area (Å²) in [6, 6.07) is 5.19. The molecule has 0 radical (unpaired) electrons. The number of nitro groups is 1. The zero-order valence-electron chi connectivity index (χ0n) is 10.4. The van der Waals surface area contributed by atoms with Crippen LogP contribution in [0.4, 0.5) is 11.4 Å². The minimum absolute atomic E-state index is 0.0532. The van der Waals surface area contributed by atoms with Crippen LogP contribution in [0.25, 0.3) is 0 Å². The van der Waals surface area contributed by atoms with Crippen molar-refractivity contribution in [3.63, 3.8) is 0 Å². The monoisotopic (exact) mass is 296 g/mol. The third kappa shape index (κ3) is 3.45. The van der Waals surface area contributed by atoms with Crippen molar-refractivity contribution >= 4 is 34.3 Å². The zero-order valence-corrected chi connectivity index (χ0v) is 11.9. The van der Waals surface area contributed by atoms with E-state index >= 15 is 0 Å². The molecule has 0 saturated heterocycles. The minimum atomic E-state index is -0.468. The largest absolute Gasteiger partial charge is 0.384 e. The zero-order chi connectivity index (χ0) is 13.8. The van der Waals surface area contributed by atoms with Crippen molar-refractivity contribution in [3.05, 3.63) is 55.2 Å². The number of aryl methyl sites for hydroxylation is 1. The van der Waals surface area contributed by atoms with E-state index in [1.54, 1.807) is 17.4 Å². The number of nitrogens with zero attached hydrogens (tertiary/aromatic N) is 1. The normalized spacial score (nSPS) is 10.4. The Bertz CT molecular complexity index is 585. The van der Waals surface area contributed by atoms with Gasteiger partial charge in [0.05, 0.1) is 4.92 Å². The maximum Gasteiger partial charge on any atom is 0.288 e. The highest BCUT2D eigenvalue weighted by molar-refractivity contribution is 7.07. The molecule has 0 unspecified atom stereocenters. The third-order valence-electron chi connectivity index (χ3n) is 2.80. The van der Waals surface area contributed by atoms with E-state index in [1.165, 1.54) is 11.6 Å². The molecular formula is C13H13ClN2O2S. The molecule has 0 atom stereocenters. The van der Waals surface area contributed by atoms with Crippen LogP contribution in [0.2, 0.25) is 5.02 Å². The molecule has 0 amide bonds. The fourth-order valence-corrected chi connectivity index (χ4v) is 2.71. The van der Waals surface area contributed by atoms with Gasteiger partial charge in [0.2, 0.25) is 0 Å². The summed E-state index contributed by atoms with van der Waals surface area (Å²) in [5.74, 6) is 0. The Balaban J connectivity index is 2.04. The van der Waals surface area contributed by atoms with E-state index in [0.29, 0.717) is 0 Å². The van der Waals surface area contributed by atoms with E-state index in [1.807, 2.05) is 12.3 Å². The van der Waals surface area contributed by atoms with Crippen molar-refractivity contribution in [3.8, 4) is 0 Å². The number of thiophene rings is 1. The molecule has 0 fully saturated rings. The second-order valence-electron chi connectivity index (χ2n) is 4.18. The first-order valence-electron chi connectivity index (χ1n) is 5.77. The van der Waals surface area contributed by atoms with Crippen LogP contribution in [-0.4, -0.2) is 11.5 Å². The van der Waals surface area contributed by atoms with Crippen LogP contribution in [0, 0.1) is 17.0 Å². The SMILES string of the molecule is Cc1cc([N+](=O)[O-])c(Cl)cc1NCCc1ccsc1. The predicted molar refractivity (Wildman–Crippen MR) is 79.4 cm³/mol. The van der Waals surface area contributed by atoms with Gasteiger partial charge in [-0.3, -0.25) is 10.1 Å². The summed E-state index contributed by atoms with van der Waals surface area (Å²) < 4.78 is 0. The van der Waals surface area contributed by atoms with Gasteiger partial charge in [0.1, 0.15) is 5.02 Å². The number of hydrogen-bond acceptors (Lipinski definition) is 4. The number of hydrogen-bond donors (Lipinski definition) is 1. The smallest absolute Gasteiger partial charge is 0.288 e. The van der Waals surface area contributed by atoms with Crippen LogP contribution in [-0.2, 0) is 6.42 Å². The summed E-state index contributed by atoms with van der Waals surface area (Å²) in [5, 5.41) is 18.3. The van der Waals surface area contributed by atoms with E-state index in [9.17, 15) is 10.1 Å². The molecule has 0 aliphatic carbocycles. The van der Waals surface area contributed by atoms with Crippen molar-refractivity contribution in [1.29, 1.82) is 0 Å². The standard InChI is InChI=1S/C13H13ClN2O2S/c1-9-6-13(16(17)18)11(14)7-12(9)15-4-2-10-3-5-19-8-10/h3,5-8,15H,2,4H2,1H3. The molecule has 1 aromatic carbocycles. The molecule has 100 valence electrons. The van der Waals surface area contributed by atoms with Crippen LogP contribution in [0.15, 0.2) is 29.0 Å². The van der Waals surface area contributed by atoms with Gasteiger partial charge >= 0.3 is 0 Å². The number of halogens is 1. The van der Waals surface area contributed by atoms with E-state index in [0.717, 1.165) is 24.2 Å². The molecule has 0 saturated carbocycles. The lowest BCUT2D eigenvalue weighted by atomic mass is 10.1. The first-order chi connectivity index (χ1) is 9.08. The highest BCUT2D eigenvalue weighted by Gasteiger charge is 2.14. The van der Waals surface area contributed by atoms with Gasteiger partial charge in [0.15, 0.2) is 0 Å². The average molecular weight is 297 g/mol. The molecule has 0 aliphatic rings. The number of benzene rings is 1. The Morgan fingerprint density at radius 1 is 1.47 bits per heavy atom. The van der Waals surface area contributed by atoms with E-state index in [4.69, 9.17) is 11.6 Å².